The van der Waals surface area contributed by atoms with Crippen LogP contribution in [0.4, 0.5) is 0 Å². The van der Waals surface area contributed by atoms with Crippen molar-refractivity contribution < 1.29 is 4.74 Å². The summed E-state index contributed by atoms with van der Waals surface area (Å²) in [4.78, 5) is 4.34. The summed E-state index contributed by atoms with van der Waals surface area (Å²) < 4.78 is 7.94. The lowest BCUT2D eigenvalue weighted by Crippen LogP contribution is -2.18. The number of ether oxygens (including phenoxy) is 1. The molecule has 0 saturated carbocycles. The molecule has 1 atom stereocenters. The normalized spacial score (nSPS) is 23.0. The van der Waals surface area contributed by atoms with E-state index in [-0.39, 0.29) is 0 Å². The third-order valence-corrected chi connectivity index (χ3v) is 4.98. The third kappa shape index (κ3) is 2.49. The number of hydrogen-bond donors (Lipinski definition) is 0. The average Bonchev–Trinajstić information content (AvgIpc) is 2.96. The summed E-state index contributed by atoms with van der Waals surface area (Å²) in [5.74, 6) is 0.385. The maximum absolute atomic E-state index is 6.06. The molecule has 4 rings (SSSR count). The highest BCUT2D eigenvalue weighted by atomic mass is 35.5. The zero-order chi connectivity index (χ0) is 14.9. The summed E-state index contributed by atoms with van der Waals surface area (Å²) >= 11 is 6.06. The maximum atomic E-state index is 6.06. The van der Waals surface area contributed by atoms with Crippen LogP contribution in [0.2, 0.25) is 0 Å². The van der Waals surface area contributed by atoms with Crippen LogP contribution >= 0.6 is 11.6 Å². The van der Waals surface area contributed by atoms with E-state index in [4.69, 9.17) is 16.3 Å². The molecule has 2 aromatic rings. The lowest BCUT2D eigenvalue weighted by atomic mass is 9.93. The fourth-order valence-corrected chi connectivity index (χ4v) is 3.67. The van der Waals surface area contributed by atoms with Gasteiger partial charge in [-0.3, -0.25) is 4.98 Å². The summed E-state index contributed by atoms with van der Waals surface area (Å²) in [6.07, 6.45) is 15.6. The molecule has 1 aliphatic heterocycles. The van der Waals surface area contributed by atoms with Gasteiger partial charge >= 0.3 is 0 Å². The van der Waals surface area contributed by atoms with Crippen molar-refractivity contribution in [2.24, 2.45) is 0 Å². The van der Waals surface area contributed by atoms with Gasteiger partial charge in [-0.05, 0) is 37.0 Å². The van der Waals surface area contributed by atoms with Crippen molar-refractivity contribution in [1.82, 2.24) is 9.55 Å². The van der Waals surface area contributed by atoms with Crippen molar-refractivity contribution >= 4 is 22.5 Å². The smallest absolute Gasteiger partial charge is 0.0517 e. The second-order valence-electron chi connectivity index (χ2n) is 6.02. The van der Waals surface area contributed by atoms with Gasteiger partial charge in [-0.25, -0.2) is 0 Å². The van der Waals surface area contributed by atoms with E-state index in [1.54, 1.807) is 0 Å². The van der Waals surface area contributed by atoms with Crippen molar-refractivity contribution in [2.45, 2.75) is 31.2 Å². The molecule has 1 aliphatic carbocycles. The molecule has 0 N–H and O–H groups in total. The fourth-order valence-electron chi connectivity index (χ4n) is 3.51. The standard InChI is InChI=1S/C18H19ClN2O/c19-14-3-1-13(2-4-14)17-12-21(15-6-9-22-10-7-15)18-5-8-20-11-16(17)18/h1,3-5,8,11-13,15H,2,6-7,9-10H2. The van der Waals surface area contributed by atoms with E-state index in [9.17, 15) is 0 Å². The predicted octanol–water partition coefficient (Wildman–Crippen LogP) is 4.55. The largest absolute Gasteiger partial charge is 0.381 e. The van der Waals surface area contributed by atoms with Crippen LogP contribution in [0, 0.1) is 0 Å². The molecule has 0 amide bonds. The Morgan fingerprint density at radius 3 is 2.91 bits per heavy atom. The molecule has 0 aromatic carbocycles. The van der Waals surface area contributed by atoms with Crippen molar-refractivity contribution in [1.29, 1.82) is 0 Å². The Hall–Kier alpha value is -1.58. The molecule has 1 unspecified atom stereocenters. The van der Waals surface area contributed by atoms with Crippen molar-refractivity contribution in [3.8, 4) is 0 Å². The molecule has 3 nitrogen and oxygen atoms in total. The monoisotopic (exact) mass is 314 g/mol. The SMILES string of the molecule is ClC1=CCC(c2cn(C3CCOCC3)c3ccncc23)C=C1. The minimum atomic E-state index is 0.385. The first-order chi connectivity index (χ1) is 10.8. The number of pyridine rings is 1. The van der Waals surface area contributed by atoms with Gasteiger partial charge in [0.15, 0.2) is 0 Å². The van der Waals surface area contributed by atoms with Gasteiger partial charge in [0.05, 0.1) is 5.52 Å². The Labute approximate surface area is 135 Å². The number of allylic oxidation sites excluding steroid dienone is 4. The number of rotatable bonds is 2. The summed E-state index contributed by atoms with van der Waals surface area (Å²) in [7, 11) is 0. The first-order valence-corrected chi connectivity index (χ1v) is 8.27. The Morgan fingerprint density at radius 2 is 2.14 bits per heavy atom. The first-order valence-electron chi connectivity index (χ1n) is 7.89. The van der Waals surface area contributed by atoms with E-state index < -0.39 is 0 Å². The van der Waals surface area contributed by atoms with Crippen LogP contribution in [0.1, 0.15) is 36.8 Å². The molecule has 1 fully saturated rings. The molecule has 2 aromatic heterocycles. The van der Waals surface area contributed by atoms with Crippen molar-refractivity contribution in [3.05, 3.63) is 53.5 Å². The van der Waals surface area contributed by atoms with Crippen LogP contribution in [-0.4, -0.2) is 22.8 Å². The molecule has 3 heterocycles. The van der Waals surface area contributed by atoms with E-state index in [0.29, 0.717) is 12.0 Å². The number of nitrogens with zero attached hydrogens (tertiary/aromatic N) is 2. The molecular weight excluding hydrogens is 296 g/mol. The average molecular weight is 315 g/mol. The number of fused-ring (bicyclic) bond motifs is 1. The van der Waals surface area contributed by atoms with Gasteiger partial charge < -0.3 is 9.30 Å². The van der Waals surface area contributed by atoms with Crippen LogP contribution in [0.5, 0.6) is 0 Å². The molecule has 114 valence electrons. The molecule has 22 heavy (non-hydrogen) atoms. The van der Waals surface area contributed by atoms with Crippen LogP contribution < -0.4 is 0 Å². The van der Waals surface area contributed by atoms with Crippen molar-refractivity contribution in [3.63, 3.8) is 0 Å². The second-order valence-corrected chi connectivity index (χ2v) is 6.45. The lowest BCUT2D eigenvalue weighted by Gasteiger charge is -2.24. The highest BCUT2D eigenvalue weighted by Crippen LogP contribution is 2.36. The van der Waals surface area contributed by atoms with Gasteiger partial charge in [0.1, 0.15) is 0 Å². The Balaban J connectivity index is 1.77. The lowest BCUT2D eigenvalue weighted by molar-refractivity contribution is 0.0707. The minimum absolute atomic E-state index is 0.385. The molecule has 2 aliphatic rings. The zero-order valence-electron chi connectivity index (χ0n) is 12.4. The molecule has 0 bridgehead atoms. The molecule has 0 spiro atoms. The molecule has 4 heteroatoms. The number of aromatic nitrogens is 2. The quantitative estimate of drug-likeness (QED) is 0.813. The van der Waals surface area contributed by atoms with Crippen LogP contribution in [0.15, 0.2) is 47.9 Å². The molecular formula is C18H19ClN2O. The minimum Gasteiger partial charge on any atom is -0.381 e. The van der Waals surface area contributed by atoms with Crippen LogP contribution in [-0.2, 0) is 4.74 Å². The summed E-state index contributed by atoms with van der Waals surface area (Å²) in [5.41, 5.74) is 2.64. The van der Waals surface area contributed by atoms with E-state index in [1.807, 2.05) is 18.5 Å². The summed E-state index contributed by atoms with van der Waals surface area (Å²) in [5, 5.41) is 2.10. The van der Waals surface area contributed by atoms with E-state index in [1.165, 1.54) is 16.5 Å². The highest BCUT2D eigenvalue weighted by molar-refractivity contribution is 6.31. The van der Waals surface area contributed by atoms with Gasteiger partial charge in [-0.15, -0.1) is 0 Å². The number of halogens is 1. The Kier molecular flexibility index (Phi) is 3.77. The number of hydrogen-bond acceptors (Lipinski definition) is 2. The van der Waals surface area contributed by atoms with Gasteiger partial charge in [0, 0.05) is 54.2 Å². The van der Waals surface area contributed by atoms with E-state index in [0.717, 1.165) is 37.5 Å². The van der Waals surface area contributed by atoms with E-state index >= 15 is 0 Å². The van der Waals surface area contributed by atoms with Gasteiger partial charge in [0.25, 0.3) is 0 Å². The molecule has 0 radical (unpaired) electrons. The molecule has 1 saturated heterocycles. The van der Waals surface area contributed by atoms with Crippen LogP contribution in [0.25, 0.3) is 10.9 Å². The maximum Gasteiger partial charge on any atom is 0.0517 e. The topological polar surface area (TPSA) is 27.1 Å². The zero-order valence-corrected chi connectivity index (χ0v) is 13.2. The predicted molar refractivity (Wildman–Crippen MR) is 89.3 cm³/mol. The van der Waals surface area contributed by atoms with Crippen LogP contribution in [0.3, 0.4) is 0 Å². The van der Waals surface area contributed by atoms with Gasteiger partial charge in [-0.1, -0.05) is 23.8 Å². The Morgan fingerprint density at radius 1 is 1.27 bits per heavy atom. The van der Waals surface area contributed by atoms with Gasteiger partial charge in [0.2, 0.25) is 0 Å². The van der Waals surface area contributed by atoms with E-state index in [2.05, 4.69) is 34.0 Å². The van der Waals surface area contributed by atoms with Gasteiger partial charge in [-0.2, -0.15) is 0 Å². The van der Waals surface area contributed by atoms with Crippen molar-refractivity contribution in [2.75, 3.05) is 13.2 Å². The Bertz CT molecular complexity index is 741. The first kappa shape index (κ1) is 14.0. The fraction of sp³-hybridized carbons (Fsp3) is 0.389. The summed E-state index contributed by atoms with van der Waals surface area (Å²) in [6.45, 7) is 1.71. The summed E-state index contributed by atoms with van der Waals surface area (Å²) in [6, 6.07) is 2.66. The second kappa shape index (κ2) is 5.90. The third-order valence-electron chi connectivity index (χ3n) is 4.70. The highest BCUT2D eigenvalue weighted by Gasteiger charge is 2.22.